The number of amides is 1. The van der Waals surface area contributed by atoms with E-state index in [1.54, 1.807) is 25.3 Å². The van der Waals surface area contributed by atoms with Crippen LogP contribution in [-0.2, 0) is 9.53 Å². The summed E-state index contributed by atoms with van der Waals surface area (Å²) < 4.78 is 34.3. The van der Waals surface area contributed by atoms with Crippen molar-refractivity contribution in [2.45, 2.75) is 25.5 Å². The average Bonchev–Trinajstić information content (AvgIpc) is 2.93. The van der Waals surface area contributed by atoms with Crippen LogP contribution < -0.4 is 15.0 Å². The molecule has 1 N–H and O–H groups in total. The van der Waals surface area contributed by atoms with Gasteiger partial charge in [0.05, 0.1) is 12.3 Å². The lowest BCUT2D eigenvalue weighted by Crippen LogP contribution is -2.37. The lowest BCUT2D eigenvalue weighted by Gasteiger charge is -2.22. The van der Waals surface area contributed by atoms with Crippen LogP contribution in [-0.4, -0.2) is 45.4 Å². The number of hydrogen-bond donors (Lipinski definition) is 1. The highest BCUT2D eigenvalue weighted by Gasteiger charge is 2.26. The van der Waals surface area contributed by atoms with E-state index in [1.807, 2.05) is 4.90 Å². The average molecular weight is 314 g/mol. The standard InChI is InChI=1S/C15H20F2N2O3/c1-21-9-7-14(20)18-11-6-8-19(10-11)12-4-2-3-5-13(12)22-15(16)17/h2-5,11,15H,6-10H2,1H3,(H,18,20)/t11-/m0/s1. The van der Waals surface area contributed by atoms with Gasteiger partial charge >= 0.3 is 6.61 Å². The van der Waals surface area contributed by atoms with Gasteiger partial charge in [-0.1, -0.05) is 12.1 Å². The van der Waals surface area contributed by atoms with E-state index in [2.05, 4.69) is 10.1 Å². The highest BCUT2D eigenvalue weighted by Crippen LogP contribution is 2.31. The molecule has 1 amide bonds. The zero-order valence-electron chi connectivity index (χ0n) is 12.4. The third-order valence-corrected chi connectivity index (χ3v) is 3.51. The van der Waals surface area contributed by atoms with Crippen molar-refractivity contribution in [1.82, 2.24) is 5.32 Å². The van der Waals surface area contributed by atoms with Crippen LogP contribution in [0.25, 0.3) is 0 Å². The maximum atomic E-state index is 12.4. The molecule has 1 aromatic rings. The molecule has 0 saturated carbocycles. The van der Waals surface area contributed by atoms with Gasteiger partial charge in [0.15, 0.2) is 0 Å². The van der Waals surface area contributed by atoms with Gasteiger partial charge in [-0.3, -0.25) is 4.79 Å². The summed E-state index contributed by atoms with van der Waals surface area (Å²) in [5, 5.41) is 2.92. The summed E-state index contributed by atoms with van der Waals surface area (Å²) in [6.07, 6.45) is 1.08. The van der Waals surface area contributed by atoms with Gasteiger partial charge in [0.1, 0.15) is 5.75 Å². The topological polar surface area (TPSA) is 50.8 Å². The van der Waals surface area contributed by atoms with Crippen molar-refractivity contribution in [3.63, 3.8) is 0 Å². The molecule has 7 heteroatoms. The number of hydrogen-bond acceptors (Lipinski definition) is 4. The lowest BCUT2D eigenvalue weighted by atomic mass is 10.2. The predicted octanol–water partition coefficient (Wildman–Crippen LogP) is 2.02. The van der Waals surface area contributed by atoms with E-state index in [-0.39, 0.29) is 17.7 Å². The van der Waals surface area contributed by atoms with E-state index in [0.29, 0.717) is 31.8 Å². The Morgan fingerprint density at radius 1 is 1.45 bits per heavy atom. The Morgan fingerprint density at radius 3 is 2.95 bits per heavy atom. The van der Waals surface area contributed by atoms with Crippen LogP contribution >= 0.6 is 0 Å². The molecular formula is C15H20F2N2O3. The summed E-state index contributed by atoms with van der Waals surface area (Å²) in [6.45, 7) is -1.22. The molecule has 0 bridgehead atoms. The van der Waals surface area contributed by atoms with Crippen LogP contribution in [0.3, 0.4) is 0 Å². The second-order valence-corrected chi connectivity index (χ2v) is 5.09. The van der Waals surface area contributed by atoms with E-state index < -0.39 is 6.61 Å². The predicted molar refractivity (Wildman–Crippen MR) is 78.3 cm³/mol. The fraction of sp³-hybridized carbons (Fsp3) is 0.533. The van der Waals surface area contributed by atoms with E-state index in [4.69, 9.17) is 4.74 Å². The number of nitrogens with one attached hydrogen (secondary N) is 1. The fourth-order valence-electron chi connectivity index (χ4n) is 2.51. The number of carbonyl (C=O) groups excluding carboxylic acids is 1. The highest BCUT2D eigenvalue weighted by molar-refractivity contribution is 5.76. The summed E-state index contributed by atoms with van der Waals surface area (Å²) in [5.74, 6) is 0.0923. The van der Waals surface area contributed by atoms with E-state index >= 15 is 0 Å². The molecule has 22 heavy (non-hydrogen) atoms. The van der Waals surface area contributed by atoms with E-state index in [1.165, 1.54) is 6.07 Å². The number of carbonyl (C=O) groups is 1. The minimum Gasteiger partial charge on any atom is -0.433 e. The molecule has 0 radical (unpaired) electrons. The zero-order chi connectivity index (χ0) is 15.9. The molecule has 0 unspecified atom stereocenters. The first-order valence-electron chi connectivity index (χ1n) is 7.17. The Hall–Kier alpha value is -1.89. The molecule has 0 aromatic heterocycles. The number of ether oxygens (including phenoxy) is 2. The van der Waals surface area contributed by atoms with Gasteiger partial charge in [-0.05, 0) is 18.6 Å². The van der Waals surface area contributed by atoms with Crippen molar-refractivity contribution in [2.75, 3.05) is 31.7 Å². The van der Waals surface area contributed by atoms with Gasteiger partial charge < -0.3 is 19.7 Å². The van der Waals surface area contributed by atoms with Crippen molar-refractivity contribution in [1.29, 1.82) is 0 Å². The summed E-state index contributed by atoms with van der Waals surface area (Å²) in [6, 6.07) is 6.70. The van der Waals surface area contributed by atoms with E-state index in [0.717, 1.165) is 6.42 Å². The number of alkyl halides is 2. The van der Waals surface area contributed by atoms with Crippen LogP contribution in [0.4, 0.5) is 14.5 Å². The summed E-state index contributed by atoms with van der Waals surface area (Å²) >= 11 is 0. The normalized spacial score (nSPS) is 17.8. The van der Waals surface area contributed by atoms with Crippen molar-refractivity contribution < 1.29 is 23.0 Å². The van der Waals surface area contributed by atoms with Crippen LogP contribution in [0.5, 0.6) is 5.75 Å². The van der Waals surface area contributed by atoms with Crippen molar-refractivity contribution in [2.24, 2.45) is 0 Å². The van der Waals surface area contributed by atoms with Crippen LogP contribution in [0, 0.1) is 0 Å². The van der Waals surface area contributed by atoms with Gasteiger partial charge in [0, 0.05) is 32.7 Å². The van der Waals surface area contributed by atoms with Gasteiger partial charge in [-0.15, -0.1) is 0 Å². The summed E-state index contributed by atoms with van der Waals surface area (Å²) in [4.78, 5) is 13.6. The van der Waals surface area contributed by atoms with Crippen LogP contribution in [0.2, 0.25) is 0 Å². The molecule has 2 rings (SSSR count). The third kappa shape index (κ3) is 4.56. The lowest BCUT2D eigenvalue weighted by molar-refractivity contribution is -0.122. The first kappa shape index (κ1) is 16.5. The molecule has 1 aliphatic heterocycles. The van der Waals surface area contributed by atoms with Crippen molar-refractivity contribution in [3.8, 4) is 5.75 Å². The van der Waals surface area contributed by atoms with E-state index in [9.17, 15) is 13.6 Å². The molecule has 0 spiro atoms. The molecule has 1 saturated heterocycles. The Labute approximate surface area is 128 Å². The minimum atomic E-state index is -2.85. The van der Waals surface area contributed by atoms with Crippen LogP contribution in [0.15, 0.2) is 24.3 Å². The minimum absolute atomic E-state index is 0.00367. The monoisotopic (exact) mass is 314 g/mol. The molecule has 1 aliphatic rings. The zero-order valence-corrected chi connectivity index (χ0v) is 12.4. The number of benzene rings is 1. The second kappa shape index (κ2) is 7.93. The number of nitrogens with zero attached hydrogens (tertiary/aromatic N) is 1. The molecule has 0 aliphatic carbocycles. The summed E-state index contributed by atoms with van der Waals surface area (Å²) in [7, 11) is 1.55. The molecule has 1 fully saturated rings. The molecular weight excluding hydrogens is 294 g/mol. The number of para-hydroxylation sites is 2. The third-order valence-electron chi connectivity index (χ3n) is 3.51. The fourth-order valence-corrected chi connectivity index (χ4v) is 2.51. The molecule has 1 aromatic carbocycles. The number of anilines is 1. The maximum Gasteiger partial charge on any atom is 0.387 e. The maximum absolute atomic E-state index is 12.4. The van der Waals surface area contributed by atoms with Crippen LogP contribution in [0.1, 0.15) is 12.8 Å². The SMILES string of the molecule is COCCC(=O)N[C@H]1CCN(c2ccccc2OC(F)F)C1. The van der Waals surface area contributed by atoms with Gasteiger partial charge in [0.2, 0.25) is 5.91 Å². The first-order chi connectivity index (χ1) is 10.6. The summed E-state index contributed by atoms with van der Waals surface area (Å²) in [5.41, 5.74) is 0.622. The van der Waals surface area contributed by atoms with Crippen molar-refractivity contribution >= 4 is 11.6 Å². The van der Waals surface area contributed by atoms with Gasteiger partial charge in [-0.2, -0.15) is 8.78 Å². The van der Waals surface area contributed by atoms with Gasteiger partial charge in [-0.25, -0.2) is 0 Å². The van der Waals surface area contributed by atoms with Crippen molar-refractivity contribution in [3.05, 3.63) is 24.3 Å². The molecule has 122 valence electrons. The quantitative estimate of drug-likeness (QED) is 0.836. The molecule has 1 atom stereocenters. The highest BCUT2D eigenvalue weighted by atomic mass is 19.3. The van der Waals surface area contributed by atoms with Gasteiger partial charge in [0.25, 0.3) is 0 Å². The number of methoxy groups -OCH3 is 1. The largest absolute Gasteiger partial charge is 0.433 e. The Kier molecular flexibility index (Phi) is 5.94. The Morgan fingerprint density at radius 2 is 2.23 bits per heavy atom. The first-order valence-corrected chi connectivity index (χ1v) is 7.17. The smallest absolute Gasteiger partial charge is 0.387 e. The molecule has 5 nitrogen and oxygen atoms in total. The second-order valence-electron chi connectivity index (χ2n) is 5.09. The number of rotatable bonds is 7. The number of halogens is 2. The molecule has 1 heterocycles. The Balaban J connectivity index is 1.94. The Bertz CT molecular complexity index is 499.